The van der Waals surface area contributed by atoms with Crippen molar-refractivity contribution in [1.82, 2.24) is 4.98 Å². The average molecular weight is 209 g/mol. The molecule has 1 aliphatic rings. The van der Waals surface area contributed by atoms with E-state index in [-0.39, 0.29) is 29.9 Å². The molecule has 0 amide bonds. The van der Waals surface area contributed by atoms with Crippen LogP contribution >= 0.6 is 0 Å². The van der Waals surface area contributed by atoms with Gasteiger partial charge in [0.15, 0.2) is 0 Å². The molecule has 0 bridgehead atoms. The Kier molecular flexibility index (Phi) is 1.47. The molecule has 0 unspecified atom stereocenters. The van der Waals surface area contributed by atoms with Gasteiger partial charge in [0.05, 0.1) is 16.7 Å². The molecular weight excluding hydrogens is 189 g/mol. The molecule has 0 aromatic carbocycles. The lowest BCUT2D eigenvalue weighted by atomic mass is 9.80. The van der Waals surface area contributed by atoms with E-state index in [1.807, 2.05) is 27.7 Å². The molecule has 2 rings (SSSR count). The van der Waals surface area contributed by atoms with Crippen molar-refractivity contribution in [1.29, 1.82) is 0 Å². The molecule has 0 radical (unpaired) electrons. The lowest BCUT2D eigenvalue weighted by Crippen LogP contribution is -2.41. The summed E-state index contributed by atoms with van der Waals surface area (Å²) in [5.41, 5.74) is -1.06. The van der Waals surface area contributed by atoms with Crippen LogP contribution in [0.15, 0.2) is 24.4 Å². The van der Waals surface area contributed by atoms with Crippen LogP contribution in [0.4, 0.5) is 0 Å². The highest BCUT2D eigenvalue weighted by Gasteiger charge is 2.51. The van der Waals surface area contributed by atoms with Crippen LogP contribution in [0.1, 0.15) is 33.2 Å². The molecule has 0 N–H and O–H groups in total. The van der Waals surface area contributed by atoms with Crippen LogP contribution in [0, 0.1) is 0 Å². The van der Waals surface area contributed by atoms with Gasteiger partial charge in [0.2, 0.25) is 0 Å². The van der Waals surface area contributed by atoms with E-state index in [1.54, 1.807) is 0 Å². The Hall–Kier alpha value is -0.865. The molecule has 0 saturated carbocycles. The largest absolute Gasteiger partial charge is 0.496 e. The summed E-state index contributed by atoms with van der Waals surface area (Å²) >= 11 is 0. The smallest absolute Gasteiger partial charge is 0.399 e. The maximum Gasteiger partial charge on any atom is 0.496 e. The van der Waals surface area contributed by atoms with Gasteiger partial charge in [0.25, 0.3) is 0 Å². The predicted octanol–water partition coefficient (Wildman–Crippen LogP) is 1.38. The first-order valence-electron chi connectivity index (χ1n) is 6.87. The predicted molar refractivity (Wildman–Crippen MR) is 60.0 cm³/mol. The summed E-state index contributed by atoms with van der Waals surface area (Å²) < 4.78 is 42.2. The number of hydrogen-bond acceptors (Lipinski definition) is 3. The van der Waals surface area contributed by atoms with E-state index in [0.717, 1.165) is 0 Å². The average Bonchev–Trinajstić information content (AvgIpc) is 2.44. The van der Waals surface area contributed by atoms with Crippen LogP contribution in [0.3, 0.4) is 0 Å². The highest BCUT2D eigenvalue weighted by atomic mass is 16.7. The minimum Gasteiger partial charge on any atom is -0.399 e. The minimum atomic E-state index is -0.901. The molecule has 4 heteroatoms. The Morgan fingerprint density at radius 3 is 2.47 bits per heavy atom. The standard InChI is InChI=1S/C11H16BNO2/c1-10(2)11(3,4)15-12(14-10)9-6-5-7-13-8-9/h5-8H,1-4H3/i5D,6D,7D,8D. The Morgan fingerprint density at radius 1 is 1.27 bits per heavy atom. The number of aromatic nitrogens is 1. The number of pyridine rings is 1. The van der Waals surface area contributed by atoms with Crippen molar-refractivity contribution in [3.63, 3.8) is 0 Å². The summed E-state index contributed by atoms with van der Waals surface area (Å²) in [6.07, 6.45) is -0.625. The molecule has 1 aromatic heterocycles. The van der Waals surface area contributed by atoms with Gasteiger partial charge in [-0.05, 0) is 33.7 Å². The molecule has 3 nitrogen and oxygen atoms in total. The fraction of sp³-hybridized carbons (Fsp3) is 0.545. The molecule has 0 spiro atoms. The normalized spacial score (nSPS) is 26.8. The molecule has 2 heterocycles. The molecular formula is C11H16BNO2. The van der Waals surface area contributed by atoms with Crippen molar-refractivity contribution in [3.05, 3.63) is 24.4 Å². The summed E-state index contributed by atoms with van der Waals surface area (Å²) in [5.74, 6) is 0. The van der Waals surface area contributed by atoms with Gasteiger partial charge in [-0.3, -0.25) is 4.98 Å². The van der Waals surface area contributed by atoms with E-state index in [0.29, 0.717) is 0 Å². The van der Waals surface area contributed by atoms with Crippen molar-refractivity contribution in [3.8, 4) is 0 Å². The van der Waals surface area contributed by atoms with Crippen LogP contribution in [0.2, 0.25) is 0 Å². The topological polar surface area (TPSA) is 31.4 Å². The minimum absolute atomic E-state index is 0.111. The first-order valence-corrected chi connectivity index (χ1v) is 4.87. The van der Waals surface area contributed by atoms with Gasteiger partial charge in [-0.2, -0.15) is 0 Å². The summed E-state index contributed by atoms with van der Waals surface area (Å²) in [7, 11) is -0.901. The van der Waals surface area contributed by atoms with E-state index in [9.17, 15) is 0 Å². The Morgan fingerprint density at radius 2 is 1.87 bits per heavy atom. The van der Waals surface area contributed by atoms with Crippen molar-refractivity contribution >= 4 is 12.6 Å². The third-order valence-electron chi connectivity index (χ3n) is 2.97. The van der Waals surface area contributed by atoms with E-state index < -0.39 is 18.3 Å². The summed E-state index contributed by atoms with van der Waals surface area (Å²) in [6, 6.07) is -0.552. The molecule has 0 aliphatic carbocycles. The SMILES string of the molecule is [2H]c1nc([2H])c(B2OC(C)(C)C(C)(C)O2)c([2H])c1[2H]. The maximum atomic E-state index is 7.87. The zero-order valence-electron chi connectivity index (χ0n) is 13.3. The number of hydrogen-bond donors (Lipinski definition) is 0. The van der Waals surface area contributed by atoms with Crippen molar-refractivity contribution in [2.75, 3.05) is 0 Å². The van der Waals surface area contributed by atoms with Gasteiger partial charge < -0.3 is 9.31 Å². The van der Waals surface area contributed by atoms with Crippen LogP contribution in [0.25, 0.3) is 0 Å². The summed E-state index contributed by atoms with van der Waals surface area (Å²) in [5, 5.41) is 0. The second-order valence-corrected chi connectivity index (χ2v) is 4.59. The van der Waals surface area contributed by atoms with Gasteiger partial charge in [0.1, 0.15) is 0 Å². The van der Waals surface area contributed by atoms with E-state index in [4.69, 9.17) is 14.8 Å². The molecule has 1 saturated heterocycles. The van der Waals surface area contributed by atoms with Crippen LogP contribution < -0.4 is 5.46 Å². The van der Waals surface area contributed by atoms with E-state index >= 15 is 0 Å². The monoisotopic (exact) mass is 209 g/mol. The number of nitrogens with zero attached hydrogens (tertiary/aromatic N) is 1. The molecule has 15 heavy (non-hydrogen) atoms. The lowest BCUT2D eigenvalue weighted by molar-refractivity contribution is 0.00578. The highest BCUT2D eigenvalue weighted by molar-refractivity contribution is 6.62. The van der Waals surface area contributed by atoms with Crippen LogP contribution in [-0.2, 0) is 9.31 Å². The first kappa shape index (κ1) is 6.66. The third kappa shape index (κ3) is 1.79. The molecule has 1 fully saturated rings. The quantitative estimate of drug-likeness (QED) is 0.654. The molecule has 80 valence electrons. The Labute approximate surface area is 96.6 Å². The van der Waals surface area contributed by atoms with Gasteiger partial charge in [-0.25, -0.2) is 0 Å². The van der Waals surface area contributed by atoms with Gasteiger partial charge in [0, 0.05) is 17.8 Å². The lowest BCUT2D eigenvalue weighted by Gasteiger charge is -2.32. The fourth-order valence-corrected chi connectivity index (χ4v) is 1.31. The van der Waals surface area contributed by atoms with E-state index in [1.165, 1.54) is 0 Å². The van der Waals surface area contributed by atoms with Crippen LogP contribution in [-0.4, -0.2) is 23.3 Å². The van der Waals surface area contributed by atoms with Gasteiger partial charge in [-0.15, -0.1) is 0 Å². The summed E-state index contributed by atoms with van der Waals surface area (Å²) in [4.78, 5) is 3.64. The van der Waals surface area contributed by atoms with Crippen molar-refractivity contribution in [2.24, 2.45) is 0 Å². The number of rotatable bonds is 1. The maximum absolute atomic E-state index is 7.87. The first-order chi connectivity index (χ1) is 8.57. The molecule has 0 atom stereocenters. The third-order valence-corrected chi connectivity index (χ3v) is 2.97. The molecule has 1 aliphatic heterocycles. The summed E-state index contributed by atoms with van der Waals surface area (Å²) in [6.45, 7) is 7.48. The van der Waals surface area contributed by atoms with Crippen molar-refractivity contribution < 1.29 is 14.8 Å². The zero-order chi connectivity index (χ0) is 14.6. The van der Waals surface area contributed by atoms with Crippen LogP contribution in [0.5, 0.6) is 0 Å². The molecule has 1 aromatic rings. The fourth-order valence-electron chi connectivity index (χ4n) is 1.31. The van der Waals surface area contributed by atoms with E-state index in [2.05, 4.69) is 4.98 Å². The zero-order valence-corrected chi connectivity index (χ0v) is 9.34. The van der Waals surface area contributed by atoms with Gasteiger partial charge >= 0.3 is 7.12 Å². The van der Waals surface area contributed by atoms with Gasteiger partial charge in [-0.1, -0.05) is 6.04 Å². The second-order valence-electron chi connectivity index (χ2n) is 4.59. The Balaban J connectivity index is 2.49. The van der Waals surface area contributed by atoms with Crippen molar-refractivity contribution in [2.45, 2.75) is 38.9 Å². The Bertz CT molecular complexity index is 520. The second kappa shape index (κ2) is 3.32. The highest BCUT2D eigenvalue weighted by Crippen LogP contribution is 2.36.